The topological polar surface area (TPSA) is 55.0 Å². The number of rotatable bonds is 6. The monoisotopic (exact) mass is 470 g/mol. The molecule has 36 heavy (non-hydrogen) atoms. The van der Waals surface area contributed by atoms with E-state index < -0.39 is 0 Å². The zero-order chi connectivity index (χ0) is 24.5. The molecule has 6 rings (SSSR count). The van der Waals surface area contributed by atoms with Gasteiger partial charge in [-0.2, -0.15) is 0 Å². The van der Waals surface area contributed by atoms with Crippen molar-refractivity contribution in [1.29, 1.82) is 0 Å². The van der Waals surface area contributed by atoms with Crippen molar-refractivity contribution in [3.63, 3.8) is 0 Å². The molecular formula is C32H26N2O2. The molecule has 0 aliphatic heterocycles. The number of ether oxygens (including phenoxy) is 1. The Hall–Kier alpha value is -4.44. The Morgan fingerprint density at radius 3 is 2.56 bits per heavy atom. The van der Waals surface area contributed by atoms with Gasteiger partial charge in [0.15, 0.2) is 0 Å². The number of aromatic amines is 1. The first-order valence-electron chi connectivity index (χ1n) is 12.3. The number of aryl methyl sites for hydroxylation is 2. The van der Waals surface area contributed by atoms with Crippen LogP contribution in [-0.2, 0) is 11.2 Å². The molecule has 0 aliphatic carbocycles. The lowest BCUT2D eigenvalue weighted by Crippen LogP contribution is -2.08. The van der Waals surface area contributed by atoms with Crippen LogP contribution in [0.3, 0.4) is 0 Å². The zero-order valence-corrected chi connectivity index (χ0v) is 20.1. The quantitative estimate of drug-likeness (QED) is 0.200. The predicted molar refractivity (Wildman–Crippen MR) is 146 cm³/mol. The molecule has 6 aromatic rings. The molecule has 4 heteroatoms. The van der Waals surface area contributed by atoms with Crippen molar-refractivity contribution in [3.8, 4) is 17.1 Å². The van der Waals surface area contributed by atoms with E-state index in [1.54, 1.807) is 0 Å². The molecule has 0 unspecified atom stereocenters. The fourth-order valence-corrected chi connectivity index (χ4v) is 4.91. The number of carbonyl (C=O) groups is 1. The normalized spacial score (nSPS) is 11.4. The summed E-state index contributed by atoms with van der Waals surface area (Å²) in [4.78, 5) is 21.3. The lowest BCUT2D eigenvalue weighted by atomic mass is 10.0. The van der Waals surface area contributed by atoms with Crippen molar-refractivity contribution in [3.05, 3.63) is 108 Å². The summed E-state index contributed by atoms with van der Waals surface area (Å²) in [6, 6.07) is 32.5. The van der Waals surface area contributed by atoms with Gasteiger partial charge in [-0.05, 0) is 61.0 Å². The minimum absolute atomic E-state index is 0.215. The highest BCUT2D eigenvalue weighted by Crippen LogP contribution is 2.32. The van der Waals surface area contributed by atoms with Gasteiger partial charge in [0.1, 0.15) is 5.75 Å². The first-order valence-corrected chi connectivity index (χ1v) is 12.3. The van der Waals surface area contributed by atoms with E-state index in [1.807, 2.05) is 60.7 Å². The summed E-state index contributed by atoms with van der Waals surface area (Å²) < 4.78 is 5.76. The van der Waals surface area contributed by atoms with E-state index in [4.69, 9.17) is 9.72 Å². The molecule has 0 saturated carbocycles. The average Bonchev–Trinajstić information content (AvgIpc) is 3.26. The number of nitrogens with one attached hydrogen (secondary N) is 1. The molecule has 176 valence electrons. The Kier molecular flexibility index (Phi) is 5.70. The number of fused-ring (bicyclic) bond motifs is 3. The summed E-state index contributed by atoms with van der Waals surface area (Å²) in [5.74, 6) is 0.398. The molecule has 0 atom stereocenters. The minimum atomic E-state index is -0.215. The molecule has 0 aliphatic rings. The van der Waals surface area contributed by atoms with Gasteiger partial charge in [-0.15, -0.1) is 0 Å². The highest BCUT2D eigenvalue weighted by Gasteiger charge is 2.16. The van der Waals surface area contributed by atoms with Gasteiger partial charge in [-0.25, -0.2) is 4.98 Å². The summed E-state index contributed by atoms with van der Waals surface area (Å²) in [5.41, 5.74) is 6.37. The number of hydrogen-bond donors (Lipinski definition) is 1. The van der Waals surface area contributed by atoms with Crippen LogP contribution < -0.4 is 4.74 Å². The van der Waals surface area contributed by atoms with Crippen LogP contribution in [0.5, 0.6) is 5.75 Å². The molecule has 2 heterocycles. The number of esters is 1. The molecule has 0 fully saturated rings. The molecule has 0 amide bonds. The number of benzene rings is 4. The van der Waals surface area contributed by atoms with E-state index >= 15 is 0 Å². The van der Waals surface area contributed by atoms with Crippen LogP contribution in [0.15, 0.2) is 97.1 Å². The van der Waals surface area contributed by atoms with Gasteiger partial charge in [0, 0.05) is 28.1 Å². The number of pyridine rings is 1. The van der Waals surface area contributed by atoms with Crippen LogP contribution in [0.2, 0.25) is 0 Å². The van der Waals surface area contributed by atoms with Gasteiger partial charge < -0.3 is 9.72 Å². The van der Waals surface area contributed by atoms with Gasteiger partial charge >= 0.3 is 5.97 Å². The van der Waals surface area contributed by atoms with Crippen molar-refractivity contribution in [2.45, 2.75) is 26.2 Å². The van der Waals surface area contributed by atoms with E-state index in [0.717, 1.165) is 45.0 Å². The number of H-pyrrole nitrogens is 1. The maximum absolute atomic E-state index is 12.8. The zero-order valence-electron chi connectivity index (χ0n) is 20.1. The van der Waals surface area contributed by atoms with Crippen LogP contribution in [0.4, 0.5) is 0 Å². The lowest BCUT2D eigenvalue weighted by Gasteiger charge is -2.09. The fourth-order valence-electron chi connectivity index (χ4n) is 4.91. The summed E-state index contributed by atoms with van der Waals surface area (Å²) in [7, 11) is 0. The largest absolute Gasteiger partial charge is 0.426 e. The van der Waals surface area contributed by atoms with E-state index in [0.29, 0.717) is 18.6 Å². The minimum Gasteiger partial charge on any atom is -0.426 e. The molecule has 4 nitrogen and oxygen atoms in total. The van der Waals surface area contributed by atoms with Gasteiger partial charge in [0.05, 0.1) is 16.9 Å². The third kappa shape index (κ3) is 4.22. The highest BCUT2D eigenvalue weighted by molar-refractivity contribution is 5.92. The molecule has 0 spiro atoms. The summed E-state index contributed by atoms with van der Waals surface area (Å²) in [6.45, 7) is 2.10. The van der Waals surface area contributed by atoms with E-state index in [2.05, 4.69) is 48.3 Å². The third-order valence-electron chi connectivity index (χ3n) is 6.70. The van der Waals surface area contributed by atoms with E-state index in [-0.39, 0.29) is 5.97 Å². The fraction of sp³-hybridized carbons (Fsp3) is 0.125. The van der Waals surface area contributed by atoms with E-state index in [1.165, 1.54) is 16.5 Å². The summed E-state index contributed by atoms with van der Waals surface area (Å²) >= 11 is 0. The second-order valence-electron chi connectivity index (χ2n) is 9.22. The second kappa shape index (κ2) is 9.31. The van der Waals surface area contributed by atoms with Crippen molar-refractivity contribution in [2.24, 2.45) is 0 Å². The Morgan fingerprint density at radius 2 is 1.64 bits per heavy atom. The Bertz CT molecular complexity index is 1730. The maximum atomic E-state index is 12.8. The number of hydrogen-bond acceptors (Lipinski definition) is 3. The van der Waals surface area contributed by atoms with Crippen LogP contribution >= 0.6 is 0 Å². The number of nitrogens with zero attached hydrogens (tertiary/aromatic N) is 1. The predicted octanol–water partition coefficient (Wildman–Crippen LogP) is 7.77. The average molecular weight is 471 g/mol. The Morgan fingerprint density at radius 1 is 0.833 bits per heavy atom. The molecule has 0 radical (unpaired) electrons. The van der Waals surface area contributed by atoms with Gasteiger partial charge in [0.2, 0.25) is 0 Å². The van der Waals surface area contributed by atoms with Crippen molar-refractivity contribution < 1.29 is 9.53 Å². The maximum Gasteiger partial charge on any atom is 0.311 e. The smallest absolute Gasteiger partial charge is 0.311 e. The van der Waals surface area contributed by atoms with Crippen molar-refractivity contribution in [1.82, 2.24) is 9.97 Å². The summed E-state index contributed by atoms with van der Waals surface area (Å²) in [6.07, 6.45) is 1.77. The first kappa shape index (κ1) is 22.1. The van der Waals surface area contributed by atoms with Crippen molar-refractivity contribution in [2.75, 3.05) is 0 Å². The SMILES string of the molecule is Cc1ccc2[nH]c(-c3ccc4ccccc4n3)c(CCCC(=O)Oc3cccc4ccccc34)c2c1. The van der Waals surface area contributed by atoms with Crippen molar-refractivity contribution >= 4 is 38.5 Å². The van der Waals surface area contributed by atoms with Crippen LogP contribution in [0.25, 0.3) is 44.0 Å². The third-order valence-corrected chi connectivity index (χ3v) is 6.70. The molecule has 0 bridgehead atoms. The van der Waals surface area contributed by atoms with Crippen LogP contribution in [0.1, 0.15) is 24.0 Å². The van der Waals surface area contributed by atoms with Gasteiger partial charge in [-0.1, -0.05) is 72.3 Å². The Balaban J connectivity index is 1.26. The van der Waals surface area contributed by atoms with Gasteiger partial charge in [0.25, 0.3) is 0 Å². The van der Waals surface area contributed by atoms with Gasteiger partial charge in [-0.3, -0.25) is 4.79 Å². The molecular weight excluding hydrogens is 444 g/mol. The number of carbonyl (C=O) groups excluding carboxylic acids is 1. The van der Waals surface area contributed by atoms with E-state index in [9.17, 15) is 4.79 Å². The second-order valence-corrected chi connectivity index (χ2v) is 9.22. The Labute approximate surface area is 209 Å². The van der Waals surface area contributed by atoms with Crippen LogP contribution in [0, 0.1) is 6.92 Å². The number of para-hydroxylation sites is 1. The lowest BCUT2D eigenvalue weighted by molar-refractivity contribution is -0.134. The highest BCUT2D eigenvalue weighted by atomic mass is 16.5. The molecule has 2 aromatic heterocycles. The standard InChI is InChI=1S/C32H26N2O2/c1-21-16-18-28-26(20-21)25(32(34-28)29-19-17-23-9-3-5-13-27(23)33-29)12-7-15-31(35)36-30-14-6-10-22-8-2-4-11-24(22)30/h2-6,8-11,13-14,16-20,34H,7,12,15H2,1H3. The summed E-state index contributed by atoms with van der Waals surface area (Å²) in [5, 5.41) is 4.31. The molecule has 0 saturated heterocycles. The first-order chi connectivity index (χ1) is 17.7. The van der Waals surface area contributed by atoms with Crippen LogP contribution in [-0.4, -0.2) is 15.9 Å². The molecule has 4 aromatic carbocycles. The number of aromatic nitrogens is 2. The molecule has 1 N–H and O–H groups in total.